The molecule has 0 saturated carbocycles. The van der Waals surface area contributed by atoms with Gasteiger partial charge in [-0.2, -0.15) is 5.10 Å². The first-order chi connectivity index (χ1) is 11.6. The van der Waals surface area contributed by atoms with Crippen molar-refractivity contribution in [2.45, 2.75) is 12.3 Å². The first-order valence-corrected chi connectivity index (χ1v) is 7.76. The van der Waals surface area contributed by atoms with Gasteiger partial charge in [-0.1, -0.05) is 37.0 Å². The Labute approximate surface area is 143 Å². The van der Waals surface area contributed by atoms with Crippen molar-refractivity contribution in [2.24, 2.45) is 0 Å². The van der Waals surface area contributed by atoms with Gasteiger partial charge in [0, 0.05) is 6.20 Å². The molecule has 3 aromatic rings. The van der Waals surface area contributed by atoms with Gasteiger partial charge >= 0.3 is 0 Å². The number of pyridine rings is 1. The normalized spacial score (nSPS) is 12.5. The van der Waals surface area contributed by atoms with E-state index >= 15 is 0 Å². The lowest BCUT2D eigenvalue weighted by Gasteiger charge is -2.23. The Morgan fingerprint density at radius 1 is 1.38 bits per heavy atom. The van der Waals surface area contributed by atoms with E-state index in [2.05, 4.69) is 16.8 Å². The van der Waals surface area contributed by atoms with Gasteiger partial charge < -0.3 is 19.5 Å². The van der Waals surface area contributed by atoms with E-state index in [1.807, 2.05) is 0 Å². The first kappa shape index (κ1) is 16.4. The van der Waals surface area contributed by atoms with Crippen molar-refractivity contribution in [3.63, 3.8) is 0 Å². The molecule has 7 heteroatoms. The van der Waals surface area contributed by atoms with Crippen LogP contribution in [0.15, 0.2) is 55.4 Å². The third-order valence-corrected chi connectivity index (χ3v) is 4.12. The number of aliphatic hydroxyl groups is 2. The third kappa shape index (κ3) is 3.09. The summed E-state index contributed by atoms with van der Waals surface area (Å²) in [5.74, 6) is 0.619. The maximum atomic E-state index is 9.94. The van der Waals surface area contributed by atoms with Gasteiger partial charge in [0.05, 0.1) is 17.1 Å². The van der Waals surface area contributed by atoms with E-state index < -0.39 is 12.3 Å². The number of hydrogen-bond acceptors (Lipinski definition) is 5. The summed E-state index contributed by atoms with van der Waals surface area (Å²) in [6.45, 7) is 3.98. The summed E-state index contributed by atoms with van der Waals surface area (Å²) in [6, 6.07) is 8.19. The Morgan fingerprint density at radius 3 is 2.96 bits per heavy atom. The Bertz CT molecular complexity index is 917. The van der Waals surface area contributed by atoms with E-state index in [1.54, 1.807) is 53.4 Å². The zero-order valence-corrected chi connectivity index (χ0v) is 13.6. The molecule has 0 radical (unpaired) electrons. The van der Waals surface area contributed by atoms with Gasteiger partial charge in [-0.15, -0.1) is 0 Å². The van der Waals surface area contributed by atoms with Crippen LogP contribution in [-0.4, -0.2) is 37.9 Å². The summed E-state index contributed by atoms with van der Waals surface area (Å²) >= 11 is 5.48. The summed E-state index contributed by atoms with van der Waals surface area (Å²) in [7, 11) is 0. The molecule has 3 rings (SSSR count). The fourth-order valence-corrected chi connectivity index (χ4v) is 2.93. The maximum Gasteiger partial charge on any atom is 0.177 e. The molecule has 3 N–H and O–H groups in total. The van der Waals surface area contributed by atoms with Crippen molar-refractivity contribution in [2.75, 3.05) is 6.61 Å². The van der Waals surface area contributed by atoms with Crippen LogP contribution >= 0.6 is 12.2 Å². The smallest absolute Gasteiger partial charge is 0.177 e. The molecular weight excluding hydrogens is 326 g/mol. The standard InChI is InChI=1S/C17H17N3O3S/c1-2-8-23-12-5-3-4-11(9-12)15(17(21)22)20-7-6-14-13(16(20)24)10-18-19-14/h2-7,9-10,15,17,21-22H,1,8H2,(H,18,19). The van der Waals surface area contributed by atoms with Gasteiger partial charge in [0.1, 0.15) is 23.0 Å². The van der Waals surface area contributed by atoms with E-state index in [0.717, 1.165) is 10.9 Å². The average Bonchev–Trinajstić information content (AvgIpc) is 3.05. The number of benzene rings is 1. The second-order valence-electron chi connectivity index (χ2n) is 5.26. The Morgan fingerprint density at radius 2 is 2.21 bits per heavy atom. The van der Waals surface area contributed by atoms with Crippen molar-refractivity contribution in [1.82, 2.24) is 14.8 Å². The van der Waals surface area contributed by atoms with Gasteiger partial charge in [0.15, 0.2) is 6.29 Å². The number of fused-ring (bicyclic) bond motifs is 1. The number of aliphatic hydroxyl groups excluding tert-OH is 1. The van der Waals surface area contributed by atoms with Crippen LogP contribution in [0.4, 0.5) is 0 Å². The van der Waals surface area contributed by atoms with Crippen molar-refractivity contribution >= 4 is 23.1 Å². The topological polar surface area (TPSA) is 83.3 Å². The van der Waals surface area contributed by atoms with Gasteiger partial charge in [-0.3, -0.25) is 5.10 Å². The fourth-order valence-electron chi connectivity index (χ4n) is 2.59. The molecule has 0 amide bonds. The molecule has 0 aliphatic carbocycles. The summed E-state index contributed by atoms with van der Waals surface area (Å²) in [4.78, 5) is 0. The van der Waals surface area contributed by atoms with E-state index in [4.69, 9.17) is 17.0 Å². The van der Waals surface area contributed by atoms with Crippen LogP contribution in [0.2, 0.25) is 0 Å². The second-order valence-corrected chi connectivity index (χ2v) is 5.64. The summed E-state index contributed by atoms with van der Waals surface area (Å²) in [5, 5.41) is 27.4. The summed E-state index contributed by atoms with van der Waals surface area (Å²) in [5.41, 5.74) is 1.47. The highest BCUT2D eigenvalue weighted by Crippen LogP contribution is 2.27. The van der Waals surface area contributed by atoms with Crippen molar-refractivity contribution in [3.05, 3.63) is 65.6 Å². The largest absolute Gasteiger partial charge is 0.490 e. The van der Waals surface area contributed by atoms with Crippen molar-refractivity contribution in [1.29, 1.82) is 0 Å². The molecule has 1 unspecified atom stereocenters. The Balaban J connectivity index is 2.08. The van der Waals surface area contributed by atoms with Crippen LogP contribution in [0, 0.1) is 4.64 Å². The molecule has 0 aliphatic rings. The minimum absolute atomic E-state index is 0.371. The van der Waals surface area contributed by atoms with Gasteiger partial charge in [0.2, 0.25) is 0 Å². The van der Waals surface area contributed by atoms with Crippen LogP contribution in [0.5, 0.6) is 5.75 Å². The number of H-pyrrole nitrogens is 1. The van der Waals surface area contributed by atoms with E-state index in [-0.39, 0.29) is 0 Å². The quantitative estimate of drug-likeness (QED) is 0.364. The summed E-state index contributed by atoms with van der Waals surface area (Å²) < 4.78 is 7.63. The van der Waals surface area contributed by atoms with Crippen LogP contribution in [0.25, 0.3) is 10.9 Å². The number of nitrogens with zero attached hydrogens (tertiary/aromatic N) is 2. The van der Waals surface area contributed by atoms with Crippen molar-refractivity contribution in [3.8, 4) is 5.75 Å². The number of aromatic nitrogens is 3. The maximum absolute atomic E-state index is 9.94. The van der Waals surface area contributed by atoms with Crippen LogP contribution in [0.3, 0.4) is 0 Å². The van der Waals surface area contributed by atoms with E-state index in [9.17, 15) is 10.2 Å². The molecule has 1 atom stereocenters. The zero-order chi connectivity index (χ0) is 17.1. The number of ether oxygens (including phenoxy) is 1. The van der Waals surface area contributed by atoms with Gasteiger partial charge in [0.25, 0.3) is 0 Å². The lowest BCUT2D eigenvalue weighted by Crippen LogP contribution is -2.25. The first-order valence-electron chi connectivity index (χ1n) is 7.36. The minimum Gasteiger partial charge on any atom is -0.490 e. The molecular formula is C17H17N3O3S. The molecule has 2 heterocycles. The monoisotopic (exact) mass is 343 g/mol. The molecule has 0 fully saturated rings. The SMILES string of the molecule is C=CCOc1cccc(C(C(O)O)n2ccc3[nH]ncc3c2=S)c1. The van der Waals surface area contributed by atoms with Crippen LogP contribution < -0.4 is 4.74 Å². The van der Waals surface area contributed by atoms with Gasteiger partial charge in [-0.05, 0) is 23.8 Å². The van der Waals surface area contributed by atoms with Crippen LogP contribution in [0.1, 0.15) is 11.6 Å². The predicted molar refractivity (Wildman–Crippen MR) is 93.4 cm³/mol. The molecule has 6 nitrogen and oxygen atoms in total. The minimum atomic E-state index is -1.63. The molecule has 0 aliphatic heterocycles. The highest BCUT2D eigenvalue weighted by molar-refractivity contribution is 7.71. The average molecular weight is 343 g/mol. The molecule has 24 heavy (non-hydrogen) atoms. The van der Waals surface area contributed by atoms with E-state index in [1.165, 1.54) is 0 Å². The molecule has 0 saturated heterocycles. The third-order valence-electron chi connectivity index (χ3n) is 3.69. The highest BCUT2D eigenvalue weighted by atomic mass is 32.1. The molecule has 1 aromatic carbocycles. The van der Waals surface area contributed by atoms with Crippen LogP contribution in [-0.2, 0) is 0 Å². The highest BCUT2D eigenvalue weighted by Gasteiger charge is 2.22. The number of nitrogens with one attached hydrogen (secondary N) is 1. The molecule has 0 spiro atoms. The fraction of sp³-hybridized carbons (Fsp3) is 0.176. The van der Waals surface area contributed by atoms with Gasteiger partial charge in [-0.25, -0.2) is 0 Å². The Kier molecular flexibility index (Phi) is 4.75. The zero-order valence-electron chi connectivity index (χ0n) is 12.8. The molecule has 2 aromatic heterocycles. The molecule has 0 bridgehead atoms. The number of aromatic amines is 1. The lowest BCUT2D eigenvalue weighted by molar-refractivity contribution is -0.0673. The number of rotatable bonds is 6. The van der Waals surface area contributed by atoms with E-state index in [0.29, 0.717) is 22.6 Å². The molecule has 124 valence electrons. The second kappa shape index (κ2) is 6.96. The summed E-state index contributed by atoms with van der Waals surface area (Å²) in [6.07, 6.45) is 3.35. The number of hydrogen-bond donors (Lipinski definition) is 3. The Hall–Kier alpha value is -2.48. The van der Waals surface area contributed by atoms with Crippen molar-refractivity contribution < 1.29 is 14.9 Å². The predicted octanol–water partition coefficient (Wildman–Crippen LogP) is 2.56. The lowest BCUT2D eigenvalue weighted by atomic mass is 10.1.